The van der Waals surface area contributed by atoms with E-state index in [1.165, 1.54) is 17.4 Å². The van der Waals surface area contributed by atoms with Crippen molar-refractivity contribution in [3.63, 3.8) is 0 Å². The van der Waals surface area contributed by atoms with E-state index in [1.807, 2.05) is 0 Å². The lowest BCUT2D eigenvalue weighted by Gasteiger charge is -2.18. The molecule has 3 N–H and O–H groups in total. The largest absolute Gasteiger partial charge is 0.381 e. The van der Waals surface area contributed by atoms with Gasteiger partial charge < -0.3 is 10.5 Å². The Morgan fingerprint density at radius 3 is 2.85 bits per heavy atom. The molecule has 0 amide bonds. The summed E-state index contributed by atoms with van der Waals surface area (Å²) in [5.41, 5.74) is 6.81. The first-order chi connectivity index (χ1) is 15.8. The van der Waals surface area contributed by atoms with Crippen LogP contribution in [0, 0.1) is 11.7 Å². The van der Waals surface area contributed by atoms with E-state index in [4.69, 9.17) is 15.5 Å². The highest BCUT2D eigenvalue weighted by Crippen LogP contribution is 2.39. The highest BCUT2D eigenvalue weighted by Gasteiger charge is 2.23. The fourth-order valence-electron chi connectivity index (χ4n) is 3.89. The van der Waals surface area contributed by atoms with Gasteiger partial charge in [0.15, 0.2) is 5.82 Å². The molecule has 8 nitrogen and oxygen atoms in total. The van der Waals surface area contributed by atoms with Gasteiger partial charge in [-0.05, 0) is 43.4 Å². The van der Waals surface area contributed by atoms with Crippen LogP contribution in [0.4, 0.5) is 16.0 Å². The van der Waals surface area contributed by atoms with Gasteiger partial charge in [-0.25, -0.2) is 27.8 Å². The van der Waals surface area contributed by atoms with Crippen molar-refractivity contribution in [2.75, 3.05) is 29.9 Å². The minimum atomic E-state index is -3.64. The summed E-state index contributed by atoms with van der Waals surface area (Å²) in [4.78, 5) is 13.7. The highest BCUT2D eigenvalue weighted by atomic mass is 32.2. The van der Waals surface area contributed by atoms with Crippen LogP contribution in [0.2, 0.25) is 0 Å². The first kappa shape index (κ1) is 23.5. The van der Waals surface area contributed by atoms with E-state index in [0.717, 1.165) is 56.6 Å². The molecule has 0 spiro atoms. The standard InChI is InChI=1S/C22H26FN5O3S2/c1-33(29,30)28-16-7-4-6-15(19(16)23)20-21(17-8-10-25-22(24)26-17)32-18(27-20)13-14-5-2-3-11-31-12-9-14/h4,6-8,10,14,28H,2-3,5,9,11-13H2,1H3,(H2,24,25,26). The van der Waals surface area contributed by atoms with E-state index < -0.39 is 15.8 Å². The molecule has 1 saturated heterocycles. The summed E-state index contributed by atoms with van der Waals surface area (Å²) in [6, 6.07) is 6.26. The molecule has 1 unspecified atom stereocenters. The van der Waals surface area contributed by atoms with Crippen molar-refractivity contribution in [1.29, 1.82) is 0 Å². The van der Waals surface area contributed by atoms with Crippen LogP contribution >= 0.6 is 11.3 Å². The van der Waals surface area contributed by atoms with Gasteiger partial charge in [0.2, 0.25) is 16.0 Å². The minimum absolute atomic E-state index is 0.110. The van der Waals surface area contributed by atoms with Gasteiger partial charge in [-0.3, -0.25) is 4.72 Å². The Morgan fingerprint density at radius 1 is 1.21 bits per heavy atom. The fourth-order valence-corrected chi connectivity index (χ4v) is 5.61. The van der Waals surface area contributed by atoms with Crippen LogP contribution in [0.15, 0.2) is 30.5 Å². The van der Waals surface area contributed by atoms with E-state index in [1.54, 1.807) is 24.4 Å². The lowest BCUT2D eigenvalue weighted by molar-refractivity contribution is 0.100. The number of anilines is 2. The third-order valence-electron chi connectivity index (χ3n) is 5.41. The van der Waals surface area contributed by atoms with Gasteiger partial charge in [-0.2, -0.15) is 0 Å². The topological polar surface area (TPSA) is 120 Å². The molecule has 3 aromatic rings. The maximum Gasteiger partial charge on any atom is 0.229 e. The van der Waals surface area contributed by atoms with Gasteiger partial charge in [0.25, 0.3) is 0 Å². The van der Waals surface area contributed by atoms with E-state index in [-0.39, 0.29) is 17.2 Å². The van der Waals surface area contributed by atoms with Crippen molar-refractivity contribution in [3.05, 3.63) is 41.3 Å². The Labute approximate surface area is 196 Å². The summed E-state index contributed by atoms with van der Waals surface area (Å²) >= 11 is 1.45. The van der Waals surface area contributed by atoms with E-state index in [2.05, 4.69) is 14.7 Å². The highest BCUT2D eigenvalue weighted by molar-refractivity contribution is 7.92. The van der Waals surface area contributed by atoms with Gasteiger partial charge in [-0.1, -0.05) is 12.5 Å². The molecule has 1 aromatic carbocycles. The number of nitrogens with two attached hydrogens (primary N) is 1. The van der Waals surface area contributed by atoms with Crippen LogP contribution in [0.25, 0.3) is 21.8 Å². The molecule has 0 saturated carbocycles. The molecule has 1 aliphatic rings. The van der Waals surface area contributed by atoms with E-state index in [0.29, 0.717) is 22.2 Å². The third-order valence-corrected chi connectivity index (χ3v) is 7.10. The molecule has 176 valence electrons. The minimum Gasteiger partial charge on any atom is -0.381 e. The Morgan fingerprint density at radius 2 is 2.06 bits per heavy atom. The zero-order valence-corrected chi connectivity index (χ0v) is 19.9. The SMILES string of the molecule is CS(=O)(=O)Nc1cccc(-c2nc(CC3CCCCOCC3)sc2-c2ccnc(N)n2)c1F. The Balaban J connectivity index is 1.76. The Kier molecular flexibility index (Phi) is 7.20. The molecule has 0 aliphatic carbocycles. The summed E-state index contributed by atoms with van der Waals surface area (Å²) in [5, 5.41) is 0.864. The predicted molar refractivity (Wildman–Crippen MR) is 128 cm³/mol. The van der Waals surface area contributed by atoms with E-state index >= 15 is 4.39 Å². The van der Waals surface area contributed by atoms with Crippen molar-refractivity contribution < 1.29 is 17.5 Å². The van der Waals surface area contributed by atoms with Crippen LogP contribution in [-0.4, -0.2) is 42.8 Å². The quantitative estimate of drug-likeness (QED) is 0.532. The Hall–Kier alpha value is -2.63. The first-order valence-electron chi connectivity index (χ1n) is 10.7. The summed E-state index contributed by atoms with van der Waals surface area (Å²) < 4.78 is 46.6. The Bertz CT molecular complexity index is 1220. The number of hydrogen-bond donors (Lipinski definition) is 2. The number of nitrogen functional groups attached to an aromatic ring is 1. The molecule has 1 aliphatic heterocycles. The average molecular weight is 492 g/mol. The zero-order chi connectivity index (χ0) is 23.4. The number of rotatable bonds is 6. The van der Waals surface area contributed by atoms with Gasteiger partial charge in [-0.15, -0.1) is 11.3 Å². The van der Waals surface area contributed by atoms with Crippen molar-refractivity contribution in [3.8, 4) is 21.8 Å². The fraction of sp³-hybridized carbons (Fsp3) is 0.409. The molecule has 4 rings (SSSR count). The molecule has 3 heterocycles. The first-order valence-corrected chi connectivity index (χ1v) is 13.4. The molecular formula is C22H26FN5O3S2. The molecule has 33 heavy (non-hydrogen) atoms. The monoisotopic (exact) mass is 491 g/mol. The number of halogens is 1. The lowest BCUT2D eigenvalue weighted by atomic mass is 9.95. The second kappa shape index (κ2) is 10.1. The van der Waals surface area contributed by atoms with Gasteiger partial charge >= 0.3 is 0 Å². The van der Waals surface area contributed by atoms with Crippen LogP contribution in [0.1, 0.15) is 30.7 Å². The second-order valence-electron chi connectivity index (χ2n) is 8.09. The maximum atomic E-state index is 15.4. The number of hydrogen-bond acceptors (Lipinski definition) is 8. The second-order valence-corrected chi connectivity index (χ2v) is 10.9. The summed E-state index contributed by atoms with van der Waals surface area (Å²) in [7, 11) is -3.64. The number of aromatic nitrogens is 3. The number of nitrogens with one attached hydrogen (secondary N) is 1. The number of ether oxygens (including phenoxy) is 1. The normalized spacial score (nSPS) is 17.3. The van der Waals surface area contributed by atoms with E-state index in [9.17, 15) is 8.42 Å². The third kappa shape index (κ3) is 6.04. The summed E-state index contributed by atoms with van der Waals surface area (Å²) in [6.07, 6.45) is 7.48. The van der Waals surface area contributed by atoms with Crippen molar-refractivity contribution in [2.45, 2.75) is 32.1 Å². The molecule has 0 radical (unpaired) electrons. The van der Waals surface area contributed by atoms with Crippen molar-refractivity contribution in [1.82, 2.24) is 15.0 Å². The van der Waals surface area contributed by atoms with Gasteiger partial charge in [0.05, 0.1) is 33.2 Å². The molecule has 0 bridgehead atoms. The van der Waals surface area contributed by atoms with Gasteiger partial charge in [0, 0.05) is 31.4 Å². The smallest absolute Gasteiger partial charge is 0.229 e. The van der Waals surface area contributed by atoms with Crippen molar-refractivity contribution in [2.24, 2.45) is 5.92 Å². The molecule has 1 atom stereocenters. The van der Waals surface area contributed by atoms with Crippen LogP contribution in [0.3, 0.4) is 0 Å². The van der Waals surface area contributed by atoms with Crippen molar-refractivity contribution >= 4 is 33.0 Å². The lowest BCUT2D eigenvalue weighted by Crippen LogP contribution is -2.12. The van der Waals surface area contributed by atoms with Crippen LogP contribution in [0.5, 0.6) is 0 Å². The maximum absolute atomic E-state index is 15.4. The molecule has 2 aromatic heterocycles. The predicted octanol–water partition coefficient (Wildman–Crippen LogP) is 4.11. The van der Waals surface area contributed by atoms with Crippen LogP contribution in [-0.2, 0) is 21.2 Å². The molecule has 11 heteroatoms. The zero-order valence-electron chi connectivity index (χ0n) is 18.3. The number of benzene rings is 1. The summed E-state index contributed by atoms with van der Waals surface area (Å²) in [5.74, 6) is -0.156. The number of thiazole rings is 1. The van der Waals surface area contributed by atoms with Gasteiger partial charge in [0.1, 0.15) is 0 Å². The van der Waals surface area contributed by atoms with Crippen LogP contribution < -0.4 is 10.5 Å². The molecular weight excluding hydrogens is 465 g/mol. The molecule has 1 fully saturated rings. The summed E-state index contributed by atoms with van der Waals surface area (Å²) in [6.45, 7) is 1.54. The number of sulfonamides is 1. The average Bonchev–Trinajstić information content (AvgIpc) is 3.14. The number of nitrogens with zero attached hydrogens (tertiary/aromatic N) is 3.